The van der Waals surface area contributed by atoms with Gasteiger partial charge < -0.3 is 19.5 Å². The maximum atomic E-state index is 5.95. The third kappa shape index (κ3) is 5.17. The van der Waals surface area contributed by atoms with Crippen molar-refractivity contribution < 1.29 is 14.2 Å². The molecule has 0 aliphatic heterocycles. The Labute approximate surface area is 144 Å². The lowest BCUT2D eigenvalue weighted by molar-refractivity contribution is 0.209. The zero-order valence-corrected chi connectivity index (χ0v) is 15.0. The quantitative estimate of drug-likeness (QED) is 0.709. The van der Waals surface area contributed by atoms with Crippen LogP contribution in [-0.2, 0) is 6.54 Å². The van der Waals surface area contributed by atoms with Crippen LogP contribution in [0.15, 0.2) is 36.4 Å². The maximum Gasteiger partial charge on any atom is 0.165 e. The van der Waals surface area contributed by atoms with Crippen LogP contribution >= 0.6 is 0 Å². The van der Waals surface area contributed by atoms with E-state index < -0.39 is 0 Å². The summed E-state index contributed by atoms with van der Waals surface area (Å²) in [6, 6.07) is 12.1. The fraction of sp³-hybridized carbons (Fsp3) is 0.400. The van der Waals surface area contributed by atoms with Gasteiger partial charge in [-0.3, -0.25) is 0 Å². The van der Waals surface area contributed by atoms with E-state index >= 15 is 0 Å². The highest BCUT2D eigenvalue weighted by molar-refractivity contribution is 5.46. The minimum Gasteiger partial charge on any atom is -0.493 e. The molecule has 0 saturated carbocycles. The second-order valence-corrected chi connectivity index (χ2v) is 5.75. The summed E-state index contributed by atoms with van der Waals surface area (Å²) in [5.74, 6) is 2.41. The van der Waals surface area contributed by atoms with Gasteiger partial charge in [-0.1, -0.05) is 25.1 Å². The Morgan fingerprint density at radius 1 is 0.958 bits per heavy atom. The number of rotatable bonds is 9. The van der Waals surface area contributed by atoms with Gasteiger partial charge in [-0.15, -0.1) is 0 Å². The summed E-state index contributed by atoms with van der Waals surface area (Å²) in [5.41, 5.74) is 3.48. The zero-order valence-electron chi connectivity index (χ0n) is 15.0. The lowest BCUT2D eigenvalue weighted by atomic mass is 10.1. The molecule has 0 aliphatic rings. The molecule has 0 bridgehead atoms. The van der Waals surface area contributed by atoms with Crippen molar-refractivity contribution in [2.75, 3.05) is 26.9 Å². The van der Waals surface area contributed by atoms with Crippen molar-refractivity contribution in [1.82, 2.24) is 5.32 Å². The molecule has 0 aromatic heterocycles. The molecule has 2 aromatic rings. The van der Waals surface area contributed by atoms with E-state index in [1.54, 1.807) is 7.11 Å². The first kappa shape index (κ1) is 18.1. The van der Waals surface area contributed by atoms with Gasteiger partial charge in [-0.2, -0.15) is 0 Å². The van der Waals surface area contributed by atoms with Crippen molar-refractivity contribution in [3.05, 3.63) is 53.1 Å². The molecule has 0 amide bonds. The topological polar surface area (TPSA) is 39.7 Å². The summed E-state index contributed by atoms with van der Waals surface area (Å²) in [6.45, 7) is 8.83. The van der Waals surface area contributed by atoms with E-state index in [2.05, 4.69) is 32.2 Å². The zero-order chi connectivity index (χ0) is 17.4. The average molecular weight is 329 g/mol. The van der Waals surface area contributed by atoms with E-state index in [-0.39, 0.29) is 0 Å². The summed E-state index contributed by atoms with van der Waals surface area (Å²) in [7, 11) is 1.66. The molecular formula is C20H27NO3. The molecule has 1 N–H and O–H groups in total. The fourth-order valence-electron chi connectivity index (χ4n) is 2.60. The van der Waals surface area contributed by atoms with Crippen LogP contribution in [-0.4, -0.2) is 26.9 Å². The molecule has 2 aromatic carbocycles. The highest BCUT2D eigenvalue weighted by Crippen LogP contribution is 2.31. The Morgan fingerprint density at radius 2 is 1.67 bits per heavy atom. The highest BCUT2D eigenvalue weighted by atomic mass is 16.5. The van der Waals surface area contributed by atoms with Crippen LogP contribution in [0.2, 0.25) is 0 Å². The van der Waals surface area contributed by atoms with Crippen LogP contribution in [0.5, 0.6) is 17.2 Å². The number of methoxy groups -OCH3 is 1. The van der Waals surface area contributed by atoms with Crippen LogP contribution in [0, 0.1) is 13.8 Å². The Kier molecular flexibility index (Phi) is 6.94. The lowest BCUT2D eigenvalue weighted by Crippen LogP contribution is -2.15. The van der Waals surface area contributed by atoms with E-state index in [1.807, 2.05) is 30.3 Å². The normalized spacial score (nSPS) is 10.5. The molecule has 4 nitrogen and oxygen atoms in total. The maximum absolute atomic E-state index is 5.95. The van der Waals surface area contributed by atoms with Crippen LogP contribution in [0.4, 0.5) is 0 Å². The van der Waals surface area contributed by atoms with Crippen molar-refractivity contribution in [2.45, 2.75) is 27.3 Å². The molecule has 130 valence electrons. The molecule has 0 spiro atoms. The Morgan fingerprint density at radius 3 is 2.33 bits per heavy atom. The number of ether oxygens (including phenoxy) is 3. The van der Waals surface area contributed by atoms with Gasteiger partial charge in [0.1, 0.15) is 19.0 Å². The monoisotopic (exact) mass is 329 g/mol. The van der Waals surface area contributed by atoms with Crippen molar-refractivity contribution >= 4 is 0 Å². The fourth-order valence-corrected chi connectivity index (χ4v) is 2.60. The molecule has 4 heteroatoms. The second kappa shape index (κ2) is 9.18. The minimum absolute atomic E-state index is 0.465. The van der Waals surface area contributed by atoms with Gasteiger partial charge in [-0.05, 0) is 49.7 Å². The van der Waals surface area contributed by atoms with Gasteiger partial charge in [0, 0.05) is 12.1 Å². The molecule has 0 heterocycles. The predicted octanol–water partition coefficient (Wildman–Crippen LogP) is 3.88. The predicted molar refractivity (Wildman–Crippen MR) is 97.3 cm³/mol. The minimum atomic E-state index is 0.465. The van der Waals surface area contributed by atoms with Gasteiger partial charge >= 0.3 is 0 Å². The lowest BCUT2D eigenvalue weighted by Gasteiger charge is -2.16. The first-order valence-electron chi connectivity index (χ1n) is 8.34. The smallest absolute Gasteiger partial charge is 0.165 e. The Bertz CT molecular complexity index is 635. The van der Waals surface area contributed by atoms with Crippen LogP contribution in [0.25, 0.3) is 0 Å². The number of benzene rings is 2. The van der Waals surface area contributed by atoms with Crippen LogP contribution < -0.4 is 19.5 Å². The molecule has 0 aliphatic carbocycles. The first-order chi connectivity index (χ1) is 11.6. The third-order valence-corrected chi connectivity index (χ3v) is 3.64. The number of hydrogen-bond acceptors (Lipinski definition) is 4. The largest absolute Gasteiger partial charge is 0.493 e. The first-order valence-corrected chi connectivity index (χ1v) is 8.34. The van der Waals surface area contributed by atoms with Crippen molar-refractivity contribution in [3.63, 3.8) is 0 Å². The third-order valence-electron chi connectivity index (χ3n) is 3.64. The van der Waals surface area contributed by atoms with Crippen molar-refractivity contribution in [2.24, 2.45) is 0 Å². The summed E-state index contributed by atoms with van der Waals surface area (Å²) < 4.78 is 17.2. The van der Waals surface area contributed by atoms with Gasteiger partial charge in [0.2, 0.25) is 0 Å². The number of aryl methyl sites for hydroxylation is 2. The molecular weight excluding hydrogens is 302 g/mol. The van der Waals surface area contributed by atoms with E-state index in [0.717, 1.165) is 35.9 Å². The van der Waals surface area contributed by atoms with Gasteiger partial charge in [0.15, 0.2) is 11.5 Å². The van der Waals surface area contributed by atoms with Crippen molar-refractivity contribution in [3.8, 4) is 17.2 Å². The van der Waals surface area contributed by atoms with E-state index in [0.29, 0.717) is 13.2 Å². The van der Waals surface area contributed by atoms with E-state index in [1.165, 1.54) is 11.1 Å². The molecule has 0 saturated heterocycles. The summed E-state index contributed by atoms with van der Waals surface area (Å²) in [5, 5.41) is 3.32. The molecule has 0 unspecified atom stereocenters. The number of nitrogens with one attached hydrogen (secondary N) is 1. The van der Waals surface area contributed by atoms with Crippen LogP contribution in [0.1, 0.15) is 23.6 Å². The summed E-state index contributed by atoms with van der Waals surface area (Å²) in [4.78, 5) is 0. The Hall–Kier alpha value is -2.20. The molecule has 0 atom stereocenters. The number of hydrogen-bond donors (Lipinski definition) is 1. The van der Waals surface area contributed by atoms with Crippen LogP contribution in [0.3, 0.4) is 0 Å². The Balaban J connectivity index is 1.95. The molecule has 24 heavy (non-hydrogen) atoms. The SMILES string of the molecule is CCNCc1cccc(OC)c1OCCOc1cc(C)cc(C)c1. The second-order valence-electron chi connectivity index (χ2n) is 5.75. The number of para-hydroxylation sites is 1. The average Bonchev–Trinajstić information content (AvgIpc) is 2.56. The summed E-state index contributed by atoms with van der Waals surface area (Å²) >= 11 is 0. The summed E-state index contributed by atoms with van der Waals surface area (Å²) in [6.07, 6.45) is 0. The van der Waals surface area contributed by atoms with E-state index in [4.69, 9.17) is 14.2 Å². The van der Waals surface area contributed by atoms with Crippen molar-refractivity contribution in [1.29, 1.82) is 0 Å². The molecule has 2 rings (SSSR count). The van der Waals surface area contributed by atoms with Gasteiger partial charge in [0.05, 0.1) is 7.11 Å². The standard InChI is InChI=1S/C20H27NO3/c1-5-21-14-17-7-6-8-19(22-4)20(17)24-10-9-23-18-12-15(2)11-16(3)13-18/h6-8,11-13,21H,5,9-10,14H2,1-4H3. The molecule has 0 radical (unpaired) electrons. The highest BCUT2D eigenvalue weighted by Gasteiger charge is 2.10. The molecule has 0 fully saturated rings. The van der Waals surface area contributed by atoms with Gasteiger partial charge in [-0.25, -0.2) is 0 Å². The van der Waals surface area contributed by atoms with E-state index in [9.17, 15) is 0 Å². The van der Waals surface area contributed by atoms with Gasteiger partial charge in [0.25, 0.3) is 0 Å².